The summed E-state index contributed by atoms with van der Waals surface area (Å²) in [5, 5.41) is 24.6. The number of carboxylic acids is 1. The van der Waals surface area contributed by atoms with Gasteiger partial charge in [0.25, 0.3) is 15.7 Å². The van der Waals surface area contributed by atoms with Crippen LogP contribution in [-0.4, -0.2) is 59.1 Å². The lowest BCUT2D eigenvalue weighted by molar-refractivity contribution is -0.383. The van der Waals surface area contributed by atoms with E-state index < -0.39 is 37.4 Å². The van der Waals surface area contributed by atoms with Crippen LogP contribution in [0, 0.1) is 10.1 Å². The van der Waals surface area contributed by atoms with Crippen LogP contribution in [0.5, 0.6) is 17.5 Å². The number of nitrogens with two attached hydrogens (primary N) is 1. The minimum atomic E-state index is -4.45. The van der Waals surface area contributed by atoms with Crippen LogP contribution in [0.3, 0.4) is 0 Å². The number of aromatic nitrogens is 3. The number of amides is 2. The number of carbonyl (C=O) groups is 2. The molecule has 0 radical (unpaired) electrons. The maximum absolute atomic E-state index is 12.3. The first-order chi connectivity index (χ1) is 21.4. The molecule has 6 N–H and O–H groups in total. The van der Waals surface area contributed by atoms with Gasteiger partial charge in [-0.1, -0.05) is 41.9 Å². The number of carboxylic acid groups (broad SMARTS) is 1. The van der Waals surface area contributed by atoms with E-state index in [1.807, 2.05) is 6.07 Å². The van der Waals surface area contributed by atoms with Gasteiger partial charge in [0.15, 0.2) is 0 Å². The van der Waals surface area contributed by atoms with Crippen molar-refractivity contribution in [1.29, 1.82) is 0 Å². The minimum Gasteiger partial charge on any atom is -0.478 e. The van der Waals surface area contributed by atoms with Crippen molar-refractivity contribution in [2.75, 3.05) is 30.0 Å². The number of urea groups is 1. The monoisotopic (exact) mass is 660 g/mol. The van der Waals surface area contributed by atoms with E-state index in [9.17, 15) is 28.1 Å². The zero-order chi connectivity index (χ0) is 33.1. The number of carbonyl (C=O) groups excluding carboxylic acids is 1. The quantitative estimate of drug-likeness (QED) is 0.0910. The Bertz CT molecular complexity index is 1810. The topological polar surface area (TPSA) is 251 Å². The molecule has 19 heteroatoms. The maximum atomic E-state index is 12.3. The van der Waals surface area contributed by atoms with E-state index in [4.69, 9.17) is 31.9 Å². The number of nitrogen functional groups attached to an aromatic ring is 1. The molecule has 1 aromatic heterocycles. The van der Waals surface area contributed by atoms with Crippen LogP contribution in [0.2, 0.25) is 5.02 Å². The number of nitro groups is 1. The van der Waals surface area contributed by atoms with E-state index in [2.05, 4.69) is 25.6 Å². The van der Waals surface area contributed by atoms with E-state index in [-0.39, 0.29) is 46.7 Å². The maximum Gasteiger partial charge on any atom is 0.337 e. The van der Waals surface area contributed by atoms with E-state index >= 15 is 0 Å². The van der Waals surface area contributed by atoms with Crippen LogP contribution >= 0.6 is 11.6 Å². The van der Waals surface area contributed by atoms with Gasteiger partial charge in [0.2, 0.25) is 11.9 Å². The third kappa shape index (κ3) is 9.12. The van der Waals surface area contributed by atoms with Crippen molar-refractivity contribution in [3.05, 3.63) is 87.4 Å². The van der Waals surface area contributed by atoms with E-state index in [0.29, 0.717) is 5.75 Å². The Hall–Kier alpha value is -5.75. The van der Waals surface area contributed by atoms with Crippen molar-refractivity contribution >= 4 is 56.9 Å². The summed E-state index contributed by atoms with van der Waals surface area (Å²) in [6.07, 6.45) is 0. The van der Waals surface area contributed by atoms with Gasteiger partial charge in [0, 0.05) is 13.1 Å². The number of ether oxygens (including phenoxy) is 2. The summed E-state index contributed by atoms with van der Waals surface area (Å²) in [6, 6.07) is 15.2. The van der Waals surface area contributed by atoms with Gasteiger partial charge in [-0.15, -0.1) is 0 Å². The van der Waals surface area contributed by atoms with E-state index in [0.717, 1.165) is 12.1 Å². The molecular weight excluding hydrogens is 636 g/mol. The number of aromatic carboxylic acids is 1. The summed E-state index contributed by atoms with van der Waals surface area (Å²) in [7, 11) is -2.92. The zero-order valence-corrected chi connectivity index (χ0v) is 25.0. The molecule has 0 bridgehead atoms. The second-order valence-electron chi connectivity index (χ2n) is 8.29. The van der Waals surface area contributed by atoms with Crippen LogP contribution < -0.4 is 30.6 Å². The Labute approximate surface area is 260 Å². The van der Waals surface area contributed by atoms with Gasteiger partial charge in [-0.05, 0) is 37.3 Å². The molecule has 0 spiro atoms. The smallest absolute Gasteiger partial charge is 0.337 e. The number of sulfonamides is 1. The SMILES string of the molecule is CCOc1nc(NC)nc(NC(=O)NS(=O)(=O)c2ccccc2C(=O)O)n1.Nc1c([N+](=O)[O-])ccc(Oc2ccccc2)c1Cl. The Morgan fingerprint density at radius 3 is 2.29 bits per heavy atom. The van der Waals surface area contributed by atoms with Crippen molar-refractivity contribution in [1.82, 2.24) is 19.7 Å². The van der Waals surface area contributed by atoms with Gasteiger partial charge in [0.1, 0.15) is 27.1 Å². The highest BCUT2D eigenvalue weighted by Gasteiger charge is 2.24. The van der Waals surface area contributed by atoms with Crippen molar-refractivity contribution in [3.8, 4) is 17.5 Å². The molecule has 1 heterocycles. The Kier molecular flexibility index (Phi) is 11.3. The summed E-state index contributed by atoms with van der Waals surface area (Å²) in [4.78, 5) is 44.3. The zero-order valence-electron chi connectivity index (χ0n) is 23.4. The molecule has 0 atom stereocenters. The Morgan fingerprint density at radius 2 is 1.67 bits per heavy atom. The molecule has 45 heavy (non-hydrogen) atoms. The first-order valence-corrected chi connectivity index (χ1v) is 14.4. The normalized spacial score (nSPS) is 10.5. The second kappa shape index (κ2) is 15.1. The lowest BCUT2D eigenvalue weighted by Gasteiger charge is -2.10. The predicted octanol–water partition coefficient (Wildman–Crippen LogP) is 4.14. The highest BCUT2D eigenvalue weighted by atomic mass is 35.5. The van der Waals surface area contributed by atoms with Gasteiger partial charge in [-0.2, -0.15) is 15.0 Å². The molecule has 0 aliphatic rings. The van der Waals surface area contributed by atoms with Crippen molar-refractivity contribution in [2.24, 2.45) is 0 Å². The summed E-state index contributed by atoms with van der Waals surface area (Å²) in [6.45, 7) is 1.97. The molecule has 3 aromatic carbocycles. The predicted molar refractivity (Wildman–Crippen MR) is 162 cm³/mol. The number of para-hydroxylation sites is 1. The standard InChI is InChI=1S/C14H16N6O6S.C12H9ClN2O3/c1-3-26-14-18-11(15-2)16-12(19-14)17-13(23)20-27(24,25)9-7-5-4-6-8(9)10(21)22;13-11-10(18-8-4-2-1-3-5-8)7-6-9(12(11)14)15(16)17/h4-7H,3H2,1-2H3,(H,21,22)(H3,15,16,17,18,19,20,23);1-7H,14H2. The minimum absolute atomic E-state index is 0.0352. The fraction of sp³-hybridized carbons (Fsp3) is 0.115. The lowest BCUT2D eigenvalue weighted by Crippen LogP contribution is -2.35. The van der Waals surface area contributed by atoms with Crippen molar-refractivity contribution in [2.45, 2.75) is 11.8 Å². The number of anilines is 3. The average Bonchev–Trinajstić information content (AvgIpc) is 3.00. The number of benzene rings is 3. The Balaban J connectivity index is 0.000000265. The van der Waals surface area contributed by atoms with Gasteiger partial charge >= 0.3 is 18.0 Å². The van der Waals surface area contributed by atoms with Crippen LogP contribution in [-0.2, 0) is 10.0 Å². The van der Waals surface area contributed by atoms with Gasteiger partial charge in [0.05, 0.1) is 17.1 Å². The summed E-state index contributed by atoms with van der Waals surface area (Å²) in [5.74, 6) is -0.771. The summed E-state index contributed by atoms with van der Waals surface area (Å²) in [5.41, 5.74) is 4.77. The van der Waals surface area contributed by atoms with Gasteiger partial charge < -0.3 is 25.6 Å². The molecular formula is C26H25ClN8O9S. The van der Waals surface area contributed by atoms with Gasteiger partial charge in [-0.25, -0.2) is 22.7 Å². The molecule has 0 aliphatic carbocycles. The van der Waals surface area contributed by atoms with Crippen molar-refractivity contribution in [3.63, 3.8) is 0 Å². The number of hydrogen-bond donors (Lipinski definition) is 5. The van der Waals surface area contributed by atoms with Crippen LogP contribution in [0.1, 0.15) is 17.3 Å². The largest absolute Gasteiger partial charge is 0.478 e. The summed E-state index contributed by atoms with van der Waals surface area (Å²) >= 11 is 5.94. The number of nitrogens with one attached hydrogen (secondary N) is 3. The molecule has 2 amide bonds. The Morgan fingerprint density at radius 1 is 1.02 bits per heavy atom. The molecule has 17 nitrogen and oxygen atoms in total. The molecule has 236 valence electrons. The first kappa shape index (κ1) is 33.7. The van der Waals surface area contributed by atoms with Gasteiger partial charge in [-0.3, -0.25) is 15.4 Å². The third-order valence-corrected chi connectivity index (χ3v) is 7.04. The molecule has 0 fully saturated rings. The number of nitrogens with zero attached hydrogens (tertiary/aromatic N) is 4. The van der Waals surface area contributed by atoms with Crippen LogP contribution in [0.25, 0.3) is 0 Å². The number of halogens is 1. The number of rotatable bonds is 10. The highest BCUT2D eigenvalue weighted by Crippen LogP contribution is 2.38. The first-order valence-electron chi connectivity index (χ1n) is 12.5. The number of hydrogen-bond acceptors (Lipinski definition) is 13. The molecule has 0 saturated heterocycles. The molecule has 0 saturated carbocycles. The highest BCUT2D eigenvalue weighted by molar-refractivity contribution is 7.90. The number of nitro benzene ring substituents is 1. The van der Waals surface area contributed by atoms with Crippen molar-refractivity contribution < 1.29 is 37.5 Å². The van der Waals surface area contributed by atoms with E-state index in [1.165, 1.54) is 31.3 Å². The second-order valence-corrected chi connectivity index (χ2v) is 10.3. The van der Waals surface area contributed by atoms with E-state index in [1.54, 1.807) is 35.9 Å². The lowest BCUT2D eigenvalue weighted by atomic mass is 10.2. The fourth-order valence-corrected chi connectivity index (χ4v) is 4.62. The summed E-state index contributed by atoms with van der Waals surface area (Å²) < 4.78 is 37.0. The third-order valence-electron chi connectivity index (χ3n) is 5.26. The van der Waals surface area contributed by atoms with Crippen LogP contribution in [0.4, 0.5) is 28.1 Å². The molecule has 4 aromatic rings. The van der Waals surface area contributed by atoms with Crippen LogP contribution in [0.15, 0.2) is 71.6 Å². The molecule has 4 rings (SSSR count). The molecule has 0 aliphatic heterocycles. The average molecular weight is 661 g/mol. The fourth-order valence-electron chi connectivity index (χ4n) is 3.32. The molecule has 0 unspecified atom stereocenters.